The lowest BCUT2D eigenvalue weighted by atomic mass is 10.1. The van der Waals surface area contributed by atoms with Gasteiger partial charge in [-0.15, -0.1) is 0 Å². The molecule has 0 aliphatic carbocycles. The average molecular weight is 324 g/mol. The number of carbonyl (C=O) groups is 1. The molecular formula is C16H22F2N4O. The summed E-state index contributed by atoms with van der Waals surface area (Å²) in [5.74, 6) is -0.894. The third-order valence-electron chi connectivity index (χ3n) is 3.49. The number of amides is 1. The van der Waals surface area contributed by atoms with E-state index in [1.807, 2.05) is 13.8 Å². The van der Waals surface area contributed by atoms with E-state index in [-0.39, 0.29) is 12.3 Å². The van der Waals surface area contributed by atoms with E-state index in [1.54, 1.807) is 4.57 Å². The molecule has 23 heavy (non-hydrogen) atoms. The highest BCUT2D eigenvalue weighted by Crippen LogP contribution is 2.22. The Bertz CT molecular complexity index is 697. The fourth-order valence-electron chi connectivity index (χ4n) is 2.45. The quantitative estimate of drug-likeness (QED) is 0.818. The SMILES string of the molecule is CC(C)Cc1nc2cc(F)c(F)cc2n1CCC(=O)NCCN. The Morgan fingerprint density at radius 2 is 2.04 bits per heavy atom. The Balaban J connectivity index is 2.30. The largest absolute Gasteiger partial charge is 0.355 e. The first-order chi connectivity index (χ1) is 10.9. The number of aromatic nitrogens is 2. The summed E-state index contributed by atoms with van der Waals surface area (Å²) < 4.78 is 28.8. The van der Waals surface area contributed by atoms with E-state index < -0.39 is 11.6 Å². The molecule has 126 valence electrons. The van der Waals surface area contributed by atoms with Crippen LogP contribution < -0.4 is 11.1 Å². The molecule has 1 amide bonds. The number of imidazole rings is 1. The van der Waals surface area contributed by atoms with Crippen LogP contribution in [0.5, 0.6) is 0 Å². The van der Waals surface area contributed by atoms with Gasteiger partial charge in [0, 0.05) is 44.6 Å². The first-order valence-corrected chi connectivity index (χ1v) is 7.73. The zero-order valence-electron chi connectivity index (χ0n) is 13.4. The summed E-state index contributed by atoms with van der Waals surface area (Å²) in [5.41, 5.74) is 6.25. The molecule has 2 aromatic rings. The van der Waals surface area contributed by atoms with Crippen molar-refractivity contribution in [3.63, 3.8) is 0 Å². The molecule has 0 saturated heterocycles. The van der Waals surface area contributed by atoms with E-state index in [1.165, 1.54) is 0 Å². The number of carbonyl (C=O) groups excluding carboxylic acids is 1. The molecule has 5 nitrogen and oxygen atoms in total. The van der Waals surface area contributed by atoms with Crippen LogP contribution in [0, 0.1) is 17.6 Å². The molecule has 0 saturated carbocycles. The molecule has 0 atom stereocenters. The molecule has 7 heteroatoms. The van der Waals surface area contributed by atoms with E-state index in [4.69, 9.17) is 5.73 Å². The lowest BCUT2D eigenvalue weighted by molar-refractivity contribution is -0.121. The Morgan fingerprint density at radius 3 is 2.70 bits per heavy atom. The van der Waals surface area contributed by atoms with Gasteiger partial charge in [-0.25, -0.2) is 13.8 Å². The molecule has 1 heterocycles. The van der Waals surface area contributed by atoms with Crippen molar-refractivity contribution in [3.05, 3.63) is 29.6 Å². The van der Waals surface area contributed by atoms with Crippen LogP contribution in [0.1, 0.15) is 26.1 Å². The van der Waals surface area contributed by atoms with Gasteiger partial charge in [0.25, 0.3) is 0 Å². The first kappa shape index (κ1) is 17.3. The number of nitrogens with one attached hydrogen (secondary N) is 1. The number of hydrogen-bond acceptors (Lipinski definition) is 3. The van der Waals surface area contributed by atoms with E-state index in [2.05, 4.69) is 10.3 Å². The van der Waals surface area contributed by atoms with Crippen molar-refractivity contribution in [2.24, 2.45) is 11.7 Å². The van der Waals surface area contributed by atoms with E-state index >= 15 is 0 Å². The predicted octanol–water partition coefficient (Wildman–Crippen LogP) is 1.98. The highest BCUT2D eigenvalue weighted by atomic mass is 19.2. The fourth-order valence-corrected chi connectivity index (χ4v) is 2.45. The Morgan fingerprint density at radius 1 is 1.35 bits per heavy atom. The van der Waals surface area contributed by atoms with E-state index in [0.717, 1.165) is 18.0 Å². The fraction of sp³-hybridized carbons (Fsp3) is 0.500. The van der Waals surface area contributed by atoms with Crippen LogP contribution in [-0.2, 0) is 17.8 Å². The van der Waals surface area contributed by atoms with Gasteiger partial charge in [0.2, 0.25) is 5.91 Å². The van der Waals surface area contributed by atoms with E-state index in [0.29, 0.717) is 43.0 Å². The maximum atomic E-state index is 13.6. The van der Waals surface area contributed by atoms with Crippen LogP contribution in [0.4, 0.5) is 8.78 Å². The molecule has 0 radical (unpaired) electrons. The van der Waals surface area contributed by atoms with Crippen molar-refractivity contribution < 1.29 is 13.6 Å². The van der Waals surface area contributed by atoms with Crippen molar-refractivity contribution >= 4 is 16.9 Å². The standard InChI is InChI=1S/C16H22F2N4O/c1-10(2)7-15-21-13-8-11(17)12(18)9-14(13)22(15)6-3-16(23)20-5-4-19/h8-10H,3-7,19H2,1-2H3,(H,20,23). The molecule has 1 aromatic heterocycles. The van der Waals surface area contributed by atoms with Crippen molar-refractivity contribution in [1.29, 1.82) is 0 Å². The summed E-state index contributed by atoms with van der Waals surface area (Å²) >= 11 is 0. The zero-order valence-corrected chi connectivity index (χ0v) is 13.4. The highest BCUT2D eigenvalue weighted by molar-refractivity contribution is 5.78. The first-order valence-electron chi connectivity index (χ1n) is 7.73. The number of aryl methyl sites for hydroxylation is 1. The molecule has 2 rings (SSSR count). The molecule has 0 aliphatic rings. The number of rotatable bonds is 7. The lowest BCUT2D eigenvalue weighted by Gasteiger charge is -2.11. The number of nitrogens with zero attached hydrogens (tertiary/aromatic N) is 2. The maximum Gasteiger partial charge on any atom is 0.221 e. The summed E-state index contributed by atoms with van der Waals surface area (Å²) in [4.78, 5) is 16.2. The van der Waals surface area contributed by atoms with Gasteiger partial charge in [0.05, 0.1) is 11.0 Å². The third-order valence-corrected chi connectivity index (χ3v) is 3.49. The van der Waals surface area contributed by atoms with Gasteiger partial charge in [-0.3, -0.25) is 4.79 Å². The van der Waals surface area contributed by atoms with Crippen LogP contribution in [0.25, 0.3) is 11.0 Å². The second-order valence-electron chi connectivity index (χ2n) is 5.92. The second-order valence-corrected chi connectivity index (χ2v) is 5.92. The summed E-state index contributed by atoms with van der Waals surface area (Å²) in [6.07, 6.45) is 0.901. The molecule has 0 fully saturated rings. The summed E-state index contributed by atoms with van der Waals surface area (Å²) in [6.45, 7) is 5.24. The minimum atomic E-state index is -0.918. The van der Waals surface area contributed by atoms with Crippen LogP contribution in [0.2, 0.25) is 0 Å². The average Bonchev–Trinajstić information content (AvgIpc) is 2.79. The van der Waals surface area contributed by atoms with Gasteiger partial charge in [-0.05, 0) is 5.92 Å². The Kier molecular flexibility index (Phi) is 5.65. The van der Waals surface area contributed by atoms with Gasteiger partial charge in [0.15, 0.2) is 11.6 Å². The van der Waals surface area contributed by atoms with Crippen molar-refractivity contribution in [2.75, 3.05) is 13.1 Å². The number of halogens is 2. The number of hydrogen-bond donors (Lipinski definition) is 2. The molecule has 0 spiro atoms. The number of fused-ring (bicyclic) bond motifs is 1. The van der Waals surface area contributed by atoms with Crippen molar-refractivity contribution in [2.45, 2.75) is 33.2 Å². The lowest BCUT2D eigenvalue weighted by Crippen LogP contribution is -2.29. The number of nitrogens with two attached hydrogens (primary N) is 1. The Hall–Kier alpha value is -2.02. The Labute approximate surface area is 133 Å². The van der Waals surface area contributed by atoms with Gasteiger partial charge in [-0.2, -0.15) is 0 Å². The smallest absolute Gasteiger partial charge is 0.221 e. The normalized spacial score (nSPS) is 11.4. The van der Waals surface area contributed by atoms with Gasteiger partial charge < -0.3 is 15.6 Å². The van der Waals surface area contributed by atoms with Gasteiger partial charge in [-0.1, -0.05) is 13.8 Å². The van der Waals surface area contributed by atoms with Gasteiger partial charge >= 0.3 is 0 Å². The second kappa shape index (κ2) is 7.50. The zero-order chi connectivity index (χ0) is 17.0. The van der Waals surface area contributed by atoms with Crippen LogP contribution in [-0.4, -0.2) is 28.5 Å². The van der Waals surface area contributed by atoms with Gasteiger partial charge in [0.1, 0.15) is 5.82 Å². The topological polar surface area (TPSA) is 72.9 Å². The molecule has 3 N–H and O–H groups in total. The van der Waals surface area contributed by atoms with Crippen molar-refractivity contribution in [1.82, 2.24) is 14.9 Å². The molecule has 1 aromatic carbocycles. The van der Waals surface area contributed by atoms with Crippen LogP contribution in [0.3, 0.4) is 0 Å². The molecule has 0 unspecified atom stereocenters. The minimum Gasteiger partial charge on any atom is -0.355 e. The van der Waals surface area contributed by atoms with Crippen LogP contribution >= 0.6 is 0 Å². The molecule has 0 bridgehead atoms. The molecule has 0 aliphatic heterocycles. The monoisotopic (exact) mass is 324 g/mol. The highest BCUT2D eigenvalue weighted by Gasteiger charge is 2.16. The molecular weight excluding hydrogens is 302 g/mol. The third kappa shape index (κ3) is 4.25. The van der Waals surface area contributed by atoms with E-state index in [9.17, 15) is 13.6 Å². The maximum absolute atomic E-state index is 13.6. The number of benzene rings is 1. The minimum absolute atomic E-state index is 0.129. The summed E-state index contributed by atoms with van der Waals surface area (Å²) in [5, 5.41) is 2.69. The van der Waals surface area contributed by atoms with Crippen molar-refractivity contribution in [3.8, 4) is 0 Å². The summed E-state index contributed by atoms with van der Waals surface area (Å²) in [6, 6.07) is 2.23. The van der Waals surface area contributed by atoms with Crippen LogP contribution in [0.15, 0.2) is 12.1 Å². The predicted molar refractivity (Wildman–Crippen MR) is 84.9 cm³/mol. The summed E-state index contributed by atoms with van der Waals surface area (Å²) in [7, 11) is 0.